The Labute approximate surface area is 87.5 Å². The predicted octanol–water partition coefficient (Wildman–Crippen LogP) is 3.19. The summed E-state index contributed by atoms with van der Waals surface area (Å²) >= 11 is 1.72. The average Bonchev–Trinajstić information content (AvgIpc) is 2.84. The molecule has 2 nitrogen and oxygen atoms in total. The minimum atomic E-state index is 0.955. The van der Waals surface area contributed by atoms with E-state index in [0.29, 0.717) is 0 Å². The fraction of sp³-hybridized carbons (Fsp3) is 0.182. The van der Waals surface area contributed by atoms with Crippen LogP contribution in [0.3, 0.4) is 0 Å². The summed E-state index contributed by atoms with van der Waals surface area (Å²) in [5.74, 6) is 1.06. The van der Waals surface area contributed by atoms with Crippen molar-refractivity contribution in [2.75, 3.05) is 0 Å². The van der Waals surface area contributed by atoms with Crippen molar-refractivity contribution in [1.29, 1.82) is 0 Å². The zero-order valence-corrected chi connectivity index (χ0v) is 8.70. The van der Waals surface area contributed by atoms with Crippen molar-refractivity contribution in [1.82, 2.24) is 9.55 Å². The summed E-state index contributed by atoms with van der Waals surface area (Å²) in [6.45, 7) is 4.68. The van der Waals surface area contributed by atoms with Gasteiger partial charge in [-0.3, -0.25) is 0 Å². The van der Waals surface area contributed by atoms with Gasteiger partial charge in [-0.1, -0.05) is 12.1 Å². The Balaban J connectivity index is 2.26. The van der Waals surface area contributed by atoms with E-state index >= 15 is 0 Å². The molecule has 0 aliphatic heterocycles. The minimum absolute atomic E-state index is 0.955. The van der Waals surface area contributed by atoms with Crippen molar-refractivity contribution in [2.24, 2.45) is 0 Å². The van der Waals surface area contributed by atoms with Gasteiger partial charge in [-0.05, 0) is 17.9 Å². The zero-order chi connectivity index (χ0) is 9.80. The second-order valence-corrected chi connectivity index (χ2v) is 3.95. The molecule has 0 bridgehead atoms. The molecule has 0 unspecified atom stereocenters. The normalized spacial score (nSPS) is 10.3. The summed E-state index contributed by atoms with van der Waals surface area (Å²) in [4.78, 5) is 5.57. The van der Waals surface area contributed by atoms with E-state index in [1.807, 2.05) is 24.5 Å². The Morgan fingerprint density at radius 1 is 1.57 bits per heavy atom. The molecular formula is C11H12N2S. The molecule has 0 aliphatic carbocycles. The van der Waals surface area contributed by atoms with Crippen molar-refractivity contribution >= 4 is 11.3 Å². The van der Waals surface area contributed by atoms with Crippen LogP contribution >= 0.6 is 11.3 Å². The summed E-state index contributed by atoms with van der Waals surface area (Å²) in [7, 11) is 0. The first-order valence-corrected chi connectivity index (χ1v) is 5.45. The standard InChI is InChI=1S/C11H12N2S/c1-2-3-7-13-8-6-12-11(13)10-5-4-9-14-10/h2,4-6,8-9H,1,3,7H2. The highest BCUT2D eigenvalue weighted by Crippen LogP contribution is 2.22. The lowest BCUT2D eigenvalue weighted by Crippen LogP contribution is -1.97. The third-order valence-electron chi connectivity index (χ3n) is 2.03. The number of thiophene rings is 1. The molecule has 2 aromatic heterocycles. The van der Waals surface area contributed by atoms with Gasteiger partial charge in [0.05, 0.1) is 4.88 Å². The first kappa shape index (κ1) is 9.21. The summed E-state index contributed by atoms with van der Waals surface area (Å²) in [6.07, 6.45) is 6.77. The van der Waals surface area contributed by atoms with Crippen LogP contribution in [0.25, 0.3) is 10.7 Å². The van der Waals surface area contributed by atoms with Gasteiger partial charge in [0.2, 0.25) is 0 Å². The summed E-state index contributed by atoms with van der Waals surface area (Å²) in [5, 5.41) is 2.07. The molecule has 0 spiro atoms. The lowest BCUT2D eigenvalue weighted by Gasteiger charge is -2.03. The predicted molar refractivity (Wildman–Crippen MR) is 60.4 cm³/mol. The monoisotopic (exact) mass is 204 g/mol. The van der Waals surface area contributed by atoms with Crippen molar-refractivity contribution in [3.8, 4) is 10.7 Å². The van der Waals surface area contributed by atoms with Gasteiger partial charge in [0.15, 0.2) is 0 Å². The first-order valence-electron chi connectivity index (χ1n) is 4.57. The van der Waals surface area contributed by atoms with Gasteiger partial charge < -0.3 is 4.57 Å². The molecule has 0 atom stereocenters. The highest BCUT2D eigenvalue weighted by molar-refractivity contribution is 7.13. The summed E-state index contributed by atoms with van der Waals surface area (Å²) < 4.78 is 2.16. The second-order valence-electron chi connectivity index (χ2n) is 3.00. The van der Waals surface area contributed by atoms with Crippen molar-refractivity contribution in [3.63, 3.8) is 0 Å². The van der Waals surface area contributed by atoms with Gasteiger partial charge >= 0.3 is 0 Å². The number of imidazole rings is 1. The van der Waals surface area contributed by atoms with E-state index in [1.54, 1.807) is 11.3 Å². The molecule has 2 rings (SSSR count). The lowest BCUT2D eigenvalue weighted by molar-refractivity contribution is 0.719. The third-order valence-corrected chi connectivity index (χ3v) is 2.90. The SMILES string of the molecule is C=CCCn1ccnc1-c1cccs1. The molecule has 0 fully saturated rings. The Kier molecular flexibility index (Phi) is 2.79. The van der Waals surface area contributed by atoms with Crippen LogP contribution in [-0.4, -0.2) is 9.55 Å². The molecule has 0 N–H and O–H groups in total. The molecule has 0 saturated heterocycles. The van der Waals surface area contributed by atoms with Gasteiger partial charge in [-0.15, -0.1) is 17.9 Å². The van der Waals surface area contributed by atoms with Crippen LogP contribution in [0.5, 0.6) is 0 Å². The molecule has 72 valence electrons. The van der Waals surface area contributed by atoms with Gasteiger partial charge in [0, 0.05) is 18.9 Å². The van der Waals surface area contributed by atoms with Crippen LogP contribution in [0.1, 0.15) is 6.42 Å². The second kappa shape index (κ2) is 4.24. The van der Waals surface area contributed by atoms with E-state index in [-0.39, 0.29) is 0 Å². The molecule has 0 saturated carbocycles. The number of nitrogens with zero attached hydrogens (tertiary/aromatic N) is 2. The molecule has 0 aromatic carbocycles. The highest BCUT2D eigenvalue weighted by Gasteiger charge is 2.04. The van der Waals surface area contributed by atoms with Crippen LogP contribution in [-0.2, 0) is 6.54 Å². The molecule has 2 aromatic rings. The van der Waals surface area contributed by atoms with E-state index < -0.39 is 0 Å². The Morgan fingerprint density at radius 3 is 3.21 bits per heavy atom. The van der Waals surface area contributed by atoms with Crippen LogP contribution in [0.15, 0.2) is 42.6 Å². The fourth-order valence-corrected chi connectivity index (χ4v) is 2.09. The molecule has 0 radical (unpaired) electrons. The van der Waals surface area contributed by atoms with Crippen LogP contribution in [0.2, 0.25) is 0 Å². The molecule has 14 heavy (non-hydrogen) atoms. The van der Waals surface area contributed by atoms with Crippen LogP contribution in [0, 0.1) is 0 Å². The van der Waals surface area contributed by atoms with Crippen molar-refractivity contribution < 1.29 is 0 Å². The topological polar surface area (TPSA) is 17.8 Å². The Hall–Kier alpha value is -1.35. The number of aryl methyl sites for hydroxylation is 1. The van der Waals surface area contributed by atoms with Gasteiger partial charge in [0.1, 0.15) is 5.82 Å². The number of rotatable bonds is 4. The zero-order valence-electron chi connectivity index (χ0n) is 7.89. The highest BCUT2D eigenvalue weighted by atomic mass is 32.1. The van der Waals surface area contributed by atoms with E-state index in [9.17, 15) is 0 Å². The van der Waals surface area contributed by atoms with Crippen molar-refractivity contribution in [2.45, 2.75) is 13.0 Å². The van der Waals surface area contributed by atoms with Crippen LogP contribution in [0.4, 0.5) is 0 Å². The third kappa shape index (κ3) is 1.77. The van der Waals surface area contributed by atoms with Crippen LogP contribution < -0.4 is 0 Å². The maximum atomic E-state index is 4.35. The lowest BCUT2D eigenvalue weighted by atomic mass is 10.4. The maximum absolute atomic E-state index is 4.35. The van der Waals surface area contributed by atoms with Gasteiger partial charge in [-0.25, -0.2) is 4.98 Å². The van der Waals surface area contributed by atoms with E-state index in [1.165, 1.54) is 4.88 Å². The Morgan fingerprint density at radius 2 is 2.50 bits per heavy atom. The quantitative estimate of drug-likeness (QED) is 0.699. The molecular weight excluding hydrogens is 192 g/mol. The number of hydrogen-bond acceptors (Lipinski definition) is 2. The number of allylic oxidation sites excluding steroid dienone is 1. The fourth-order valence-electron chi connectivity index (χ4n) is 1.35. The molecule has 0 aliphatic rings. The van der Waals surface area contributed by atoms with Gasteiger partial charge in [-0.2, -0.15) is 0 Å². The Bertz CT molecular complexity index is 401. The van der Waals surface area contributed by atoms with Crippen molar-refractivity contribution in [3.05, 3.63) is 42.6 Å². The van der Waals surface area contributed by atoms with E-state index in [2.05, 4.69) is 27.6 Å². The van der Waals surface area contributed by atoms with E-state index in [0.717, 1.165) is 18.8 Å². The minimum Gasteiger partial charge on any atom is -0.330 e. The number of aromatic nitrogens is 2. The van der Waals surface area contributed by atoms with E-state index in [4.69, 9.17) is 0 Å². The molecule has 2 heterocycles. The van der Waals surface area contributed by atoms with Gasteiger partial charge in [0.25, 0.3) is 0 Å². The summed E-state index contributed by atoms with van der Waals surface area (Å²) in [5.41, 5.74) is 0. The average molecular weight is 204 g/mol. The smallest absolute Gasteiger partial charge is 0.149 e. The number of hydrogen-bond donors (Lipinski definition) is 0. The molecule has 3 heteroatoms. The molecule has 0 amide bonds. The maximum Gasteiger partial charge on any atom is 0.149 e. The summed E-state index contributed by atoms with van der Waals surface area (Å²) in [6, 6.07) is 4.14. The largest absolute Gasteiger partial charge is 0.330 e. The first-order chi connectivity index (χ1) is 6.92.